The van der Waals surface area contributed by atoms with Gasteiger partial charge in [0, 0.05) is 47.8 Å². The van der Waals surface area contributed by atoms with Crippen LogP contribution >= 0.6 is 23.2 Å². The van der Waals surface area contributed by atoms with Crippen molar-refractivity contribution in [2.75, 3.05) is 60.9 Å². The monoisotopic (exact) mass is 1120 g/mol. The smallest absolute Gasteiger partial charge is 0.487 e. The number of carboxylic acids is 3. The van der Waals surface area contributed by atoms with Gasteiger partial charge in [0.2, 0.25) is 21.8 Å². The molecule has 4 N–H and O–H groups in total. The van der Waals surface area contributed by atoms with E-state index < -0.39 is 52.0 Å². The number of halogens is 11. The van der Waals surface area contributed by atoms with Gasteiger partial charge < -0.3 is 34.8 Å². The van der Waals surface area contributed by atoms with Crippen LogP contribution in [0.4, 0.5) is 39.5 Å². The number of ether oxygens (including phenoxy) is 1. The van der Waals surface area contributed by atoms with E-state index in [9.17, 15) is 57.5 Å². The predicted molar refractivity (Wildman–Crippen MR) is 248 cm³/mol. The van der Waals surface area contributed by atoms with Crippen molar-refractivity contribution in [3.8, 4) is 5.75 Å². The summed E-state index contributed by atoms with van der Waals surface area (Å²) in [5.41, 5.74) is 1.61. The number of rotatable bonds is 14. The van der Waals surface area contributed by atoms with E-state index in [0.29, 0.717) is 68.7 Å². The molecule has 1 aliphatic carbocycles. The Hall–Kier alpha value is -5.22. The number of carboxylic acid groups (broad SMARTS) is 3. The van der Waals surface area contributed by atoms with Crippen LogP contribution in [0.3, 0.4) is 0 Å². The van der Waals surface area contributed by atoms with Crippen LogP contribution in [-0.4, -0.2) is 169 Å². The summed E-state index contributed by atoms with van der Waals surface area (Å²) in [5, 5.41) is 22.5. The molecule has 17 nitrogen and oxygen atoms in total. The summed E-state index contributed by atoms with van der Waals surface area (Å²) in [6, 6.07) is 10.3. The Balaban J connectivity index is 0.000000725. The van der Waals surface area contributed by atoms with Gasteiger partial charge in [0.25, 0.3) is 0 Å². The largest absolute Gasteiger partial charge is 0.490 e. The Morgan fingerprint density at radius 3 is 1.75 bits per heavy atom. The summed E-state index contributed by atoms with van der Waals surface area (Å²) < 4.78 is 132. The number of carbonyl (C=O) groups is 5. The van der Waals surface area contributed by atoms with Gasteiger partial charge in [-0.05, 0) is 104 Å². The number of benzene rings is 2. The van der Waals surface area contributed by atoms with E-state index in [0.717, 1.165) is 42.5 Å². The Morgan fingerprint density at radius 2 is 1.29 bits per heavy atom. The van der Waals surface area contributed by atoms with Crippen LogP contribution in [0.25, 0.3) is 10.9 Å². The minimum Gasteiger partial charge on any atom is -0.487 e. The zero-order valence-corrected chi connectivity index (χ0v) is 42.5. The molecule has 1 saturated heterocycles. The number of sulfonamides is 1. The molecule has 410 valence electrons. The molecule has 0 radical (unpaired) electrons. The minimum atomic E-state index is -5.08. The van der Waals surface area contributed by atoms with E-state index in [1.807, 2.05) is 70.0 Å². The van der Waals surface area contributed by atoms with E-state index in [1.165, 1.54) is 12.1 Å². The second kappa shape index (κ2) is 26.8. The molecule has 1 atom stereocenters. The number of aliphatic carboxylic acids is 3. The number of hydrogen-bond acceptors (Lipinski definition) is 11. The highest BCUT2D eigenvalue weighted by Crippen LogP contribution is 2.38. The first-order valence-electron chi connectivity index (χ1n) is 21.8. The first-order valence-corrected chi connectivity index (χ1v) is 24.0. The van der Waals surface area contributed by atoms with Gasteiger partial charge in [-0.1, -0.05) is 54.6 Å². The highest BCUT2D eigenvalue weighted by molar-refractivity contribution is 7.89. The van der Waals surface area contributed by atoms with E-state index in [1.54, 1.807) is 11.0 Å². The van der Waals surface area contributed by atoms with Gasteiger partial charge in [0.15, 0.2) is 0 Å². The third kappa shape index (κ3) is 19.2. The van der Waals surface area contributed by atoms with Crippen LogP contribution in [0.15, 0.2) is 41.3 Å². The lowest BCUT2D eigenvalue weighted by Gasteiger charge is -2.41. The Morgan fingerprint density at radius 1 is 0.795 bits per heavy atom. The molecule has 2 amide bonds. The Kier molecular flexibility index (Phi) is 23.5. The molecule has 1 aromatic heterocycles. The van der Waals surface area contributed by atoms with Gasteiger partial charge >= 0.3 is 36.4 Å². The summed E-state index contributed by atoms with van der Waals surface area (Å²) in [6.45, 7) is 6.27. The molecule has 2 aliphatic rings. The quantitative estimate of drug-likeness (QED) is 0.0903. The molecule has 5 rings (SSSR count). The molecule has 1 saturated carbocycles. The number of unbranched alkanes of at least 4 members (excludes halogenated alkanes) is 1. The van der Waals surface area contributed by atoms with Crippen LogP contribution in [0.2, 0.25) is 10.0 Å². The van der Waals surface area contributed by atoms with Crippen LogP contribution in [0.1, 0.15) is 61.8 Å². The minimum absolute atomic E-state index is 0.0644. The molecule has 3 aromatic rings. The molecule has 73 heavy (non-hydrogen) atoms. The number of carbonyl (C=O) groups excluding carboxylic acids is 2. The molecule has 0 unspecified atom stereocenters. The molecule has 0 bridgehead atoms. The first kappa shape index (κ1) is 63.9. The maximum Gasteiger partial charge on any atom is 0.490 e. The fourth-order valence-corrected chi connectivity index (χ4v) is 9.71. The summed E-state index contributed by atoms with van der Waals surface area (Å²) in [6.07, 6.45) is -10.4. The number of alkyl halides is 9. The zero-order chi connectivity index (χ0) is 56.0. The zero-order valence-electron chi connectivity index (χ0n) is 40.1. The van der Waals surface area contributed by atoms with Crippen molar-refractivity contribution in [2.45, 2.75) is 100 Å². The molecule has 1 aliphatic heterocycles. The highest BCUT2D eigenvalue weighted by Gasteiger charge is 2.48. The number of piperazine rings is 1. The second-order valence-corrected chi connectivity index (χ2v) is 19.5. The van der Waals surface area contributed by atoms with Crippen LogP contribution < -0.4 is 9.46 Å². The van der Waals surface area contributed by atoms with Crippen molar-refractivity contribution in [1.82, 2.24) is 29.3 Å². The average Bonchev–Trinajstić information content (AvgIpc) is 3.74. The lowest BCUT2D eigenvalue weighted by atomic mass is 9.96. The van der Waals surface area contributed by atoms with Gasteiger partial charge in [-0.2, -0.15) is 44.2 Å². The maximum absolute atomic E-state index is 14.2. The number of para-hydroxylation sites is 1. The van der Waals surface area contributed by atoms with Gasteiger partial charge in [0.05, 0.1) is 11.1 Å². The molecule has 29 heteroatoms. The van der Waals surface area contributed by atoms with Crippen molar-refractivity contribution in [3.05, 3.63) is 63.3 Å². The summed E-state index contributed by atoms with van der Waals surface area (Å²) in [5.74, 6) is -7.95. The number of hydrogen-bond donors (Lipinski definition) is 4. The average molecular weight is 1120 g/mol. The van der Waals surface area contributed by atoms with Crippen molar-refractivity contribution in [3.63, 3.8) is 0 Å². The van der Waals surface area contributed by atoms with E-state index in [-0.39, 0.29) is 39.4 Å². The molecule has 0 spiro atoms. The van der Waals surface area contributed by atoms with Crippen molar-refractivity contribution < 1.29 is 92.0 Å². The summed E-state index contributed by atoms with van der Waals surface area (Å²) >= 11 is 13.4. The normalized spacial score (nSPS) is 15.3. The fraction of sp³-hybridized carbons (Fsp3) is 0.545. The number of aromatic nitrogens is 1. The standard InChI is InChI=1S/C38H52Cl2N6O5S.3C2HF3O2/c1-26-24-27(2)41-35-28(26)12-11-14-32(35)51-25-29-30(39)15-16-33(34(29)40)52(49,50)42-38(17-8-9-18-38)37(48)46-22-20-45(21-23-46)36(47)31(44(5)6)13-7-10-19-43(3)4;3*3-2(4,5)1(6)7/h11-12,14-16,24,31,42H,7-10,13,17-23,25H2,1-6H3;3*(H,6,7)/t31-;;;/m0.../s1. The molecule has 2 heterocycles. The van der Waals surface area contributed by atoms with Gasteiger partial charge in [-0.3, -0.25) is 14.5 Å². The van der Waals surface area contributed by atoms with Crippen LogP contribution in [0, 0.1) is 13.8 Å². The molecular formula is C44H55Cl2F9N6O11S. The van der Waals surface area contributed by atoms with E-state index in [2.05, 4.69) is 14.6 Å². The highest BCUT2D eigenvalue weighted by atomic mass is 35.5. The number of aryl methyl sites for hydroxylation is 2. The summed E-state index contributed by atoms with van der Waals surface area (Å²) in [4.78, 5) is 66.6. The maximum atomic E-state index is 14.2. The van der Waals surface area contributed by atoms with Gasteiger partial charge in [0.1, 0.15) is 28.3 Å². The van der Waals surface area contributed by atoms with Crippen molar-refractivity contribution in [2.24, 2.45) is 0 Å². The number of nitrogens with one attached hydrogen (secondary N) is 1. The second-order valence-electron chi connectivity index (χ2n) is 17.1. The third-order valence-corrected chi connectivity index (χ3v) is 13.5. The van der Waals surface area contributed by atoms with E-state index >= 15 is 0 Å². The van der Waals surface area contributed by atoms with E-state index in [4.69, 9.17) is 57.6 Å². The van der Waals surface area contributed by atoms with Crippen molar-refractivity contribution >= 4 is 73.9 Å². The molecule has 2 aromatic carbocycles. The Labute approximate surface area is 424 Å². The Bertz CT molecular complexity index is 2460. The third-order valence-electron chi connectivity index (χ3n) is 11.0. The van der Waals surface area contributed by atoms with Crippen LogP contribution in [0.5, 0.6) is 5.75 Å². The molecule has 2 fully saturated rings. The van der Waals surface area contributed by atoms with Gasteiger partial charge in [-0.25, -0.2) is 27.8 Å². The topological polar surface area (TPSA) is 227 Å². The number of likely N-dealkylation sites (N-methyl/N-ethyl adjacent to an activating group) is 1. The van der Waals surface area contributed by atoms with Crippen LogP contribution in [-0.2, 0) is 40.6 Å². The lowest BCUT2D eigenvalue weighted by molar-refractivity contribution is -0.193. The number of nitrogens with zero attached hydrogens (tertiary/aromatic N) is 5. The number of fused-ring (bicyclic) bond motifs is 1. The SMILES string of the molecule is Cc1cc(C)c2cccc(OCc3c(Cl)ccc(S(=O)(=O)NC4(C(=O)N5CCN(C(=O)[C@H](CCCCN(C)C)N(C)C)CC5)CCCC4)c3Cl)c2n1.O=C(O)C(F)(F)F.O=C(O)C(F)(F)F.O=C(O)C(F)(F)F. The first-order chi connectivity index (χ1) is 33.5. The number of amides is 2. The lowest BCUT2D eigenvalue weighted by Crippen LogP contribution is -2.62. The predicted octanol–water partition coefficient (Wildman–Crippen LogP) is 7.56. The molecular weight excluding hydrogens is 1060 g/mol. The number of pyridine rings is 1. The fourth-order valence-electron chi connectivity index (χ4n) is 7.40. The summed E-state index contributed by atoms with van der Waals surface area (Å²) in [7, 11) is 3.67. The van der Waals surface area contributed by atoms with Crippen molar-refractivity contribution in [1.29, 1.82) is 0 Å². The van der Waals surface area contributed by atoms with Gasteiger partial charge in [-0.15, -0.1) is 0 Å².